The molecule has 1 aromatic heterocycles. The van der Waals surface area contributed by atoms with Crippen LogP contribution in [0.25, 0.3) is 11.3 Å². The van der Waals surface area contributed by atoms with Crippen molar-refractivity contribution in [1.29, 1.82) is 0 Å². The van der Waals surface area contributed by atoms with Crippen molar-refractivity contribution < 1.29 is 27.4 Å². The molecule has 2 N–H and O–H groups in total. The van der Waals surface area contributed by atoms with Crippen molar-refractivity contribution in [3.63, 3.8) is 0 Å². The van der Waals surface area contributed by atoms with Crippen LogP contribution in [-0.4, -0.2) is 30.6 Å². The zero-order valence-electron chi connectivity index (χ0n) is 21.4. The molecule has 0 aliphatic rings. The van der Waals surface area contributed by atoms with Crippen molar-refractivity contribution in [3.8, 4) is 22.8 Å². The lowest BCUT2D eigenvalue weighted by atomic mass is 10.1. The number of halogens is 4. The average Bonchev–Trinajstić information content (AvgIpc) is 3.33. The summed E-state index contributed by atoms with van der Waals surface area (Å²) < 4.78 is 48.8. The van der Waals surface area contributed by atoms with Gasteiger partial charge in [-0.1, -0.05) is 23.7 Å². The maximum atomic E-state index is 12.6. The number of carbonyl (C=O) groups is 1. The summed E-state index contributed by atoms with van der Waals surface area (Å²) in [6, 6.07) is 19.7. The van der Waals surface area contributed by atoms with Gasteiger partial charge in [-0.05, 0) is 78.2 Å². The molecule has 0 aliphatic heterocycles. The number of amides is 2. The zero-order chi connectivity index (χ0) is 28.5. The fourth-order valence-electron chi connectivity index (χ4n) is 3.77. The summed E-state index contributed by atoms with van der Waals surface area (Å²) in [5.41, 5.74) is 3.12. The Morgan fingerprint density at radius 3 is 2.33 bits per heavy atom. The Bertz CT molecular complexity index is 1470. The molecule has 0 atom stereocenters. The number of methoxy groups -OCH3 is 1. The van der Waals surface area contributed by atoms with Gasteiger partial charge in [0.05, 0.1) is 19.3 Å². The number of nitrogens with one attached hydrogen (secondary N) is 2. The number of hydrogen-bond acceptors (Lipinski definition) is 5. The number of aromatic nitrogens is 1. The highest BCUT2D eigenvalue weighted by molar-refractivity contribution is 7.07. The van der Waals surface area contributed by atoms with Gasteiger partial charge in [0.15, 0.2) is 4.80 Å². The van der Waals surface area contributed by atoms with Gasteiger partial charge < -0.3 is 24.7 Å². The van der Waals surface area contributed by atoms with Crippen LogP contribution in [-0.2, 0) is 13.1 Å². The molecule has 2 amide bonds. The van der Waals surface area contributed by atoms with E-state index in [4.69, 9.17) is 21.3 Å². The Balaban J connectivity index is 1.46. The van der Waals surface area contributed by atoms with Crippen LogP contribution in [0.5, 0.6) is 11.5 Å². The molecule has 0 saturated carbocycles. The highest BCUT2D eigenvalue weighted by Gasteiger charge is 2.31. The second kappa shape index (κ2) is 13.4. The van der Waals surface area contributed by atoms with Crippen LogP contribution in [0.3, 0.4) is 0 Å². The molecule has 0 aliphatic carbocycles. The molecular weight excluding hydrogens is 565 g/mol. The van der Waals surface area contributed by atoms with Crippen molar-refractivity contribution in [2.24, 2.45) is 4.99 Å². The minimum absolute atomic E-state index is 0.294. The molecule has 0 fully saturated rings. The van der Waals surface area contributed by atoms with E-state index in [2.05, 4.69) is 15.4 Å². The largest absolute Gasteiger partial charge is 0.573 e. The number of thiazole rings is 1. The van der Waals surface area contributed by atoms with Crippen LogP contribution in [0.1, 0.15) is 12.0 Å². The van der Waals surface area contributed by atoms with Gasteiger partial charge in [0.25, 0.3) is 0 Å². The number of alkyl halides is 3. The molecule has 0 saturated heterocycles. The predicted molar refractivity (Wildman–Crippen MR) is 150 cm³/mol. The number of carbonyl (C=O) groups excluding carboxylic acids is 1. The fourth-order valence-corrected chi connectivity index (χ4v) is 4.83. The molecule has 0 radical (unpaired) electrons. The maximum absolute atomic E-state index is 12.6. The maximum Gasteiger partial charge on any atom is 0.573 e. The number of ether oxygens (including phenoxy) is 2. The van der Waals surface area contributed by atoms with E-state index in [1.807, 2.05) is 22.1 Å². The number of nitrogens with zero attached hydrogens (tertiary/aromatic N) is 2. The Morgan fingerprint density at radius 1 is 1.00 bits per heavy atom. The second-order valence-corrected chi connectivity index (χ2v) is 9.81. The van der Waals surface area contributed by atoms with Crippen LogP contribution in [0.15, 0.2) is 83.2 Å². The van der Waals surface area contributed by atoms with Crippen LogP contribution in [0, 0.1) is 0 Å². The SMILES string of the molecule is COc1ccc(NC(=O)NCCCn2c(-c3ccc(OC(F)(F)F)cc3)csc2=NCc2ccc(Cl)cc2)cc1. The van der Waals surface area contributed by atoms with E-state index >= 15 is 0 Å². The van der Waals surface area contributed by atoms with E-state index < -0.39 is 6.36 Å². The smallest absolute Gasteiger partial charge is 0.497 e. The lowest BCUT2D eigenvalue weighted by Gasteiger charge is -2.12. The lowest BCUT2D eigenvalue weighted by molar-refractivity contribution is -0.274. The summed E-state index contributed by atoms with van der Waals surface area (Å²) in [6.45, 7) is 1.33. The molecule has 0 unspecified atom stereocenters. The molecule has 4 rings (SSSR count). The van der Waals surface area contributed by atoms with E-state index in [-0.39, 0.29) is 11.8 Å². The van der Waals surface area contributed by atoms with Crippen molar-refractivity contribution in [3.05, 3.63) is 93.6 Å². The molecule has 1 heterocycles. The van der Waals surface area contributed by atoms with E-state index in [9.17, 15) is 18.0 Å². The minimum atomic E-state index is -4.76. The number of benzene rings is 3. The van der Waals surface area contributed by atoms with Gasteiger partial charge in [-0.25, -0.2) is 4.79 Å². The summed E-state index contributed by atoms with van der Waals surface area (Å²) in [5, 5.41) is 8.15. The van der Waals surface area contributed by atoms with Gasteiger partial charge in [-0.3, -0.25) is 4.99 Å². The second-order valence-electron chi connectivity index (χ2n) is 8.53. The van der Waals surface area contributed by atoms with Gasteiger partial charge in [0.1, 0.15) is 11.5 Å². The van der Waals surface area contributed by atoms with Crippen molar-refractivity contribution in [2.45, 2.75) is 25.9 Å². The van der Waals surface area contributed by atoms with Crippen LogP contribution in [0.4, 0.5) is 23.7 Å². The number of rotatable bonds is 10. The van der Waals surface area contributed by atoms with Gasteiger partial charge in [-0.2, -0.15) is 0 Å². The van der Waals surface area contributed by atoms with Gasteiger partial charge >= 0.3 is 12.4 Å². The Kier molecular flexibility index (Phi) is 9.73. The fraction of sp³-hybridized carbons (Fsp3) is 0.214. The number of hydrogen-bond donors (Lipinski definition) is 2. The standard InChI is InChI=1S/C28H26ClF3N4O3S/c1-38-23-13-9-22(10-14-23)35-26(37)33-15-2-16-36-25(20-5-11-24(12-6-20)39-28(30,31)32)18-40-27(36)34-17-19-3-7-21(29)8-4-19/h3-14,18H,2,15-17H2,1H3,(H2,33,35,37). The summed E-state index contributed by atoms with van der Waals surface area (Å²) >= 11 is 7.40. The summed E-state index contributed by atoms with van der Waals surface area (Å²) in [5.74, 6) is 0.395. The van der Waals surface area contributed by atoms with Gasteiger partial charge in [0, 0.05) is 29.2 Å². The Labute approximate surface area is 237 Å². The highest BCUT2D eigenvalue weighted by atomic mass is 35.5. The molecule has 3 aromatic carbocycles. The van der Waals surface area contributed by atoms with Crippen molar-refractivity contribution in [2.75, 3.05) is 19.0 Å². The Hall–Kier alpha value is -3.96. The molecule has 0 bridgehead atoms. The first-order chi connectivity index (χ1) is 19.2. The number of urea groups is 1. The Morgan fingerprint density at radius 2 is 1.68 bits per heavy atom. The molecular formula is C28H26ClF3N4O3S. The highest BCUT2D eigenvalue weighted by Crippen LogP contribution is 2.27. The quantitative estimate of drug-likeness (QED) is 0.194. The number of anilines is 1. The van der Waals surface area contributed by atoms with Crippen LogP contribution >= 0.6 is 22.9 Å². The molecule has 0 spiro atoms. The lowest BCUT2D eigenvalue weighted by Crippen LogP contribution is -2.30. The molecule has 7 nitrogen and oxygen atoms in total. The third-order valence-electron chi connectivity index (χ3n) is 5.68. The molecule has 40 heavy (non-hydrogen) atoms. The summed E-state index contributed by atoms with van der Waals surface area (Å²) in [4.78, 5) is 17.8. The van der Waals surface area contributed by atoms with Crippen molar-refractivity contribution in [1.82, 2.24) is 9.88 Å². The summed E-state index contributed by atoms with van der Waals surface area (Å²) in [6.07, 6.45) is -4.17. The monoisotopic (exact) mass is 590 g/mol. The average molecular weight is 591 g/mol. The first kappa shape index (κ1) is 29.0. The third kappa shape index (κ3) is 8.52. The van der Waals surface area contributed by atoms with Crippen molar-refractivity contribution >= 4 is 34.7 Å². The predicted octanol–water partition coefficient (Wildman–Crippen LogP) is 7.09. The zero-order valence-corrected chi connectivity index (χ0v) is 22.9. The van der Waals surface area contributed by atoms with E-state index in [0.29, 0.717) is 48.1 Å². The normalized spacial score (nSPS) is 11.8. The van der Waals surface area contributed by atoms with E-state index in [0.717, 1.165) is 16.1 Å². The van der Waals surface area contributed by atoms with Crippen LogP contribution < -0.4 is 24.9 Å². The topological polar surface area (TPSA) is 76.9 Å². The van der Waals surface area contributed by atoms with Gasteiger partial charge in [0.2, 0.25) is 0 Å². The third-order valence-corrected chi connectivity index (χ3v) is 6.84. The first-order valence-electron chi connectivity index (χ1n) is 12.2. The minimum Gasteiger partial charge on any atom is -0.497 e. The first-order valence-corrected chi connectivity index (χ1v) is 13.4. The summed E-state index contributed by atoms with van der Waals surface area (Å²) in [7, 11) is 1.57. The van der Waals surface area contributed by atoms with E-state index in [1.165, 1.54) is 23.5 Å². The van der Waals surface area contributed by atoms with Gasteiger partial charge in [-0.15, -0.1) is 24.5 Å². The van der Waals surface area contributed by atoms with E-state index in [1.54, 1.807) is 55.6 Å². The molecule has 12 heteroatoms. The molecule has 4 aromatic rings. The molecule has 210 valence electrons. The van der Waals surface area contributed by atoms with Crippen LogP contribution in [0.2, 0.25) is 5.02 Å².